The Morgan fingerprint density at radius 1 is 1.18 bits per heavy atom. The number of likely N-dealkylation sites (N-methyl/N-ethyl adjacent to an activating group) is 1. The van der Waals surface area contributed by atoms with Crippen LogP contribution in [-0.2, 0) is 9.59 Å². The molecule has 1 aliphatic heterocycles. The first-order valence-corrected chi connectivity index (χ1v) is 10.9. The van der Waals surface area contributed by atoms with Crippen LogP contribution in [0.5, 0.6) is 11.5 Å². The van der Waals surface area contributed by atoms with Crippen LogP contribution >= 0.6 is 11.8 Å². The number of hydrogen-bond donors (Lipinski definition) is 3. The molecule has 3 rings (SSSR count). The zero-order chi connectivity index (χ0) is 24.1. The molecule has 0 spiro atoms. The molecule has 2 aromatic rings. The zero-order valence-corrected chi connectivity index (χ0v) is 18.7. The van der Waals surface area contributed by atoms with E-state index in [9.17, 15) is 24.6 Å². The van der Waals surface area contributed by atoms with Crippen molar-refractivity contribution in [2.24, 2.45) is 4.99 Å². The highest BCUT2D eigenvalue weighted by molar-refractivity contribution is 8.18. The summed E-state index contributed by atoms with van der Waals surface area (Å²) < 4.78 is 5.52. The summed E-state index contributed by atoms with van der Waals surface area (Å²) in [6.07, 6.45) is 1.01. The van der Waals surface area contributed by atoms with Crippen molar-refractivity contribution in [1.29, 1.82) is 0 Å². The lowest BCUT2D eigenvalue weighted by Crippen LogP contribution is -2.28. The molecular weight excluding hydrogens is 448 g/mol. The maximum Gasteiger partial charge on any atom is 0.344 e. The molecule has 1 heterocycles. The summed E-state index contributed by atoms with van der Waals surface area (Å²) >= 11 is 1.14. The van der Waals surface area contributed by atoms with E-state index >= 15 is 0 Å². The van der Waals surface area contributed by atoms with Gasteiger partial charge in [0.05, 0.1) is 10.6 Å². The third kappa shape index (κ3) is 5.53. The van der Waals surface area contributed by atoms with Gasteiger partial charge in [0, 0.05) is 12.6 Å². The van der Waals surface area contributed by atoms with Crippen molar-refractivity contribution in [1.82, 2.24) is 4.90 Å². The number of carboxylic acid groups (broad SMARTS) is 2. The molecule has 0 bridgehead atoms. The predicted octanol–water partition coefficient (Wildman–Crippen LogP) is 3.96. The number of phenols is 1. The number of carbonyl (C=O) groups excluding carboxylic acids is 1. The highest BCUT2D eigenvalue weighted by Crippen LogP contribution is 2.35. The van der Waals surface area contributed by atoms with Gasteiger partial charge >= 0.3 is 11.9 Å². The second kappa shape index (κ2) is 10.2. The van der Waals surface area contributed by atoms with Crippen LogP contribution < -0.4 is 4.74 Å². The van der Waals surface area contributed by atoms with Gasteiger partial charge in [-0.2, -0.15) is 0 Å². The Kier molecular flexibility index (Phi) is 7.39. The van der Waals surface area contributed by atoms with Gasteiger partial charge in [0.25, 0.3) is 5.91 Å². The molecule has 10 heteroatoms. The topological polar surface area (TPSA) is 137 Å². The molecule has 0 saturated carbocycles. The SMILES string of the molecule is CCC(Oc1cccc(/C=C2\SC(=Nc3ccc(C(=O)O)c(O)c3)N(CC)C2=O)c1)C(=O)O. The number of rotatable bonds is 8. The normalized spacial score (nSPS) is 16.9. The number of amides is 1. The standard InChI is InChI=1S/C23H22N2O7S/c1-3-18(22(30)31)32-15-7-5-6-13(10-15)11-19-20(27)25(4-2)23(33-19)24-14-8-9-16(21(28)29)17(26)12-14/h5-12,18,26H,3-4H2,1-2H3,(H,28,29)(H,30,31)/b19-11-,24-23?. The molecule has 1 fully saturated rings. The Bertz CT molecular complexity index is 1160. The Morgan fingerprint density at radius 2 is 1.94 bits per heavy atom. The molecule has 2 aromatic carbocycles. The van der Waals surface area contributed by atoms with E-state index in [1.807, 2.05) is 0 Å². The van der Waals surface area contributed by atoms with Gasteiger partial charge in [-0.1, -0.05) is 19.1 Å². The number of aliphatic imine (C=N–C) groups is 1. The van der Waals surface area contributed by atoms with Crippen LogP contribution in [0.15, 0.2) is 52.4 Å². The second-order valence-electron chi connectivity index (χ2n) is 6.99. The molecule has 33 heavy (non-hydrogen) atoms. The maximum atomic E-state index is 12.9. The lowest BCUT2D eigenvalue weighted by molar-refractivity contribution is -0.145. The largest absolute Gasteiger partial charge is 0.507 e. The van der Waals surface area contributed by atoms with Crippen molar-refractivity contribution in [2.45, 2.75) is 26.4 Å². The van der Waals surface area contributed by atoms with Crippen molar-refractivity contribution < 1.29 is 34.4 Å². The molecule has 9 nitrogen and oxygen atoms in total. The van der Waals surface area contributed by atoms with E-state index in [0.717, 1.165) is 11.8 Å². The Morgan fingerprint density at radius 3 is 2.55 bits per heavy atom. The summed E-state index contributed by atoms with van der Waals surface area (Å²) in [6.45, 7) is 3.88. The minimum absolute atomic E-state index is 0.239. The molecule has 0 radical (unpaired) electrons. The fourth-order valence-corrected chi connectivity index (χ4v) is 4.12. The van der Waals surface area contributed by atoms with E-state index < -0.39 is 23.8 Å². The molecule has 1 amide bonds. The number of hydrogen-bond acceptors (Lipinski definition) is 7. The van der Waals surface area contributed by atoms with E-state index in [1.54, 1.807) is 44.2 Å². The van der Waals surface area contributed by atoms with Crippen LogP contribution in [0, 0.1) is 0 Å². The van der Waals surface area contributed by atoms with Gasteiger partial charge in [0.15, 0.2) is 11.3 Å². The van der Waals surface area contributed by atoms with E-state index in [0.29, 0.717) is 40.0 Å². The highest BCUT2D eigenvalue weighted by Gasteiger charge is 2.32. The molecule has 1 atom stereocenters. The minimum atomic E-state index is -1.25. The van der Waals surface area contributed by atoms with Crippen LogP contribution in [0.3, 0.4) is 0 Å². The first-order chi connectivity index (χ1) is 15.7. The molecule has 0 aromatic heterocycles. The number of ether oxygens (including phenoxy) is 1. The van der Waals surface area contributed by atoms with E-state index in [4.69, 9.17) is 9.84 Å². The van der Waals surface area contributed by atoms with Crippen LogP contribution in [0.4, 0.5) is 5.69 Å². The number of carboxylic acids is 2. The fourth-order valence-electron chi connectivity index (χ4n) is 3.05. The van der Waals surface area contributed by atoms with Crippen LogP contribution in [-0.4, -0.2) is 55.9 Å². The predicted molar refractivity (Wildman–Crippen MR) is 124 cm³/mol. The van der Waals surface area contributed by atoms with Crippen molar-refractivity contribution in [2.75, 3.05) is 6.54 Å². The first kappa shape index (κ1) is 23.9. The van der Waals surface area contributed by atoms with Gasteiger partial charge in [-0.15, -0.1) is 0 Å². The first-order valence-electron chi connectivity index (χ1n) is 10.1. The van der Waals surface area contributed by atoms with Gasteiger partial charge in [0.2, 0.25) is 0 Å². The number of aliphatic carboxylic acids is 1. The quantitative estimate of drug-likeness (QED) is 0.493. The highest BCUT2D eigenvalue weighted by atomic mass is 32.2. The van der Waals surface area contributed by atoms with Crippen molar-refractivity contribution in [3.05, 3.63) is 58.5 Å². The number of nitrogens with zero attached hydrogens (tertiary/aromatic N) is 2. The molecule has 1 aliphatic rings. The Labute approximate surface area is 194 Å². The van der Waals surface area contributed by atoms with Crippen molar-refractivity contribution in [3.8, 4) is 11.5 Å². The average molecular weight is 471 g/mol. The number of thioether (sulfide) groups is 1. The van der Waals surface area contributed by atoms with Crippen LogP contribution in [0.1, 0.15) is 36.2 Å². The minimum Gasteiger partial charge on any atom is -0.507 e. The van der Waals surface area contributed by atoms with Crippen molar-refractivity contribution >= 4 is 46.5 Å². The molecule has 172 valence electrons. The van der Waals surface area contributed by atoms with E-state index in [1.165, 1.54) is 23.1 Å². The number of amidine groups is 1. The number of aromatic carboxylic acids is 1. The Balaban J connectivity index is 1.87. The second-order valence-corrected chi connectivity index (χ2v) is 8.00. The van der Waals surface area contributed by atoms with Crippen LogP contribution in [0.2, 0.25) is 0 Å². The summed E-state index contributed by atoms with van der Waals surface area (Å²) in [5.41, 5.74) is 0.726. The number of carbonyl (C=O) groups is 3. The van der Waals surface area contributed by atoms with Gasteiger partial charge in [-0.3, -0.25) is 9.69 Å². The number of aromatic hydroxyl groups is 1. The summed E-state index contributed by atoms with van der Waals surface area (Å²) in [4.78, 5) is 41.4. The average Bonchev–Trinajstić information content (AvgIpc) is 3.05. The van der Waals surface area contributed by atoms with E-state index in [-0.39, 0.29) is 11.5 Å². The van der Waals surface area contributed by atoms with Crippen molar-refractivity contribution in [3.63, 3.8) is 0 Å². The lowest BCUT2D eigenvalue weighted by Gasteiger charge is -2.13. The third-order valence-electron chi connectivity index (χ3n) is 4.72. The van der Waals surface area contributed by atoms with E-state index in [2.05, 4.69) is 4.99 Å². The number of benzene rings is 2. The van der Waals surface area contributed by atoms with Gasteiger partial charge in [0.1, 0.15) is 17.1 Å². The maximum absolute atomic E-state index is 12.9. The monoisotopic (exact) mass is 470 g/mol. The molecule has 1 saturated heterocycles. The summed E-state index contributed by atoms with van der Waals surface area (Å²) in [6, 6.07) is 10.7. The van der Waals surface area contributed by atoms with Gasteiger partial charge in [-0.05, 0) is 61.0 Å². The smallest absolute Gasteiger partial charge is 0.344 e. The lowest BCUT2D eigenvalue weighted by atomic mass is 10.2. The summed E-state index contributed by atoms with van der Waals surface area (Å²) in [5.74, 6) is -2.59. The van der Waals surface area contributed by atoms with Gasteiger partial charge < -0.3 is 20.1 Å². The summed E-state index contributed by atoms with van der Waals surface area (Å²) in [5, 5.41) is 28.5. The molecule has 0 aliphatic carbocycles. The summed E-state index contributed by atoms with van der Waals surface area (Å²) in [7, 11) is 0. The fraction of sp³-hybridized carbons (Fsp3) is 0.217. The molecular formula is C23H22N2O7S. The molecule has 1 unspecified atom stereocenters. The van der Waals surface area contributed by atoms with Crippen LogP contribution in [0.25, 0.3) is 6.08 Å². The third-order valence-corrected chi connectivity index (χ3v) is 5.73. The molecule has 3 N–H and O–H groups in total. The van der Waals surface area contributed by atoms with Gasteiger partial charge in [-0.25, -0.2) is 14.6 Å². The Hall–Kier alpha value is -3.79. The zero-order valence-electron chi connectivity index (χ0n) is 17.9.